The Hall–Kier alpha value is -2.53. The quantitative estimate of drug-likeness (QED) is 0.626. The van der Waals surface area contributed by atoms with Crippen LogP contribution in [0.3, 0.4) is 0 Å². The monoisotopic (exact) mass is 379 g/mol. The SMILES string of the molecule is CC(C)C(=O)Nc1nc(-c2ccc(C(C)(C)C)cc2)c(-c2ccncc2)s1. The topological polar surface area (TPSA) is 54.9 Å². The Bertz CT molecular complexity index is 922. The van der Waals surface area contributed by atoms with Crippen molar-refractivity contribution in [2.75, 3.05) is 5.32 Å². The molecule has 3 aromatic rings. The number of nitrogens with zero attached hydrogens (tertiary/aromatic N) is 2. The lowest BCUT2D eigenvalue weighted by Crippen LogP contribution is -2.17. The van der Waals surface area contributed by atoms with Crippen LogP contribution in [0.2, 0.25) is 0 Å². The molecule has 0 atom stereocenters. The maximum atomic E-state index is 12.1. The summed E-state index contributed by atoms with van der Waals surface area (Å²) >= 11 is 1.49. The zero-order chi connectivity index (χ0) is 19.6. The minimum absolute atomic E-state index is 0.0281. The van der Waals surface area contributed by atoms with Crippen LogP contribution in [-0.4, -0.2) is 15.9 Å². The van der Waals surface area contributed by atoms with Crippen LogP contribution in [0.25, 0.3) is 21.7 Å². The summed E-state index contributed by atoms with van der Waals surface area (Å²) < 4.78 is 0. The fraction of sp³-hybridized carbons (Fsp3) is 0.318. The first kappa shape index (κ1) is 19.2. The van der Waals surface area contributed by atoms with Gasteiger partial charge in [0.25, 0.3) is 0 Å². The molecule has 2 aromatic heterocycles. The van der Waals surface area contributed by atoms with E-state index in [9.17, 15) is 4.79 Å². The molecule has 0 radical (unpaired) electrons. The van der Waals surface area contributed by atoms with E-state index in [0.29, 0.717) is 5.13 Å². The average molecular weight is 380 g/mol. The van der Waals surface area contributed by atoms with E-state index in [1.54, 1.807) is 12.4 Å². The molecule has 27 heavy (non-hydrogen) atoms. The number of nitrogens with one attached hydrogen (secondary N) is 1. The number of carbonyl (C=O) groups excluding carboxylic acids is 1. The number of carbonyl (C=O) groups is 1. The molecule has 1 N–H and O–H groups in total. The second-order valence-corrected chi connectivity index (χ2v) is 8.90. The maximum absolute atomic E-state index is 12.1. The van der Waals surface area contributed by atoms with E-state index < -0.39 is 0 Å². The Morgan fingerprint density at radius 1 is 1.00 bits per heavy atom. The van der Waals surface area contributed by atoms with Crippen LogP contribution in [-0.2, 0) is 10.2 Å². The minimum atomic E-state index is -0.0900. The van der Waals surface area contributed by atoms with E-state index in [2.05, 4.69) is 55.3 Å². The van der Waals surface area contributed by atoms with Crippen molar-refractivity contribution in [1.29, 1.82) is 0 Å². The fourth-order valence-corrected chi connectivity index (χ4v) is 3.64. The Morgan fingerprint density at radius 2 is 1.63 bits per heavy atom. The molecule has 0 bridgehead atoms. The van der Waals surface area contributed by atoms with Crippen LogP contribution in [0.5, 0.6) is 0 Å². The third-order valence-electron chi connectivity index (χ3n) is 4.35. The number of hydrogen-bond acceptors (Lipinski definition) is 4. The highest BCUT2D eigenvalue weighted by molar-refractivity contribution is 7.19. The lowest BCUT2D eigenvalue weighted by atomic mass is 9.86. The van der Waals surface area contributed by atoms with Crippen LogP contribution >= 0.6 is 11.3 Å². The van der Waals surface area contributed by atoms with Crippen molar-refractivity contribution in [1.82, 2.24) is 9.97 Å². The normalized spacial score (nSPS) is 11.6. The smallest absolute Gasteiger partial charge is 0.228 e. The molecule has 4 nitrogen and oxygen atoms in total. The van der Waals surface area contributed by atoms with Crippen molar-refractivity contribution in [2.45, 2.75) is 40.0 Å². The molecule has 2 heterocycles. The fourth-order valence-electron chi connectivity index (χ4n) is 2.65. The second kappa shape index (κ2) is 7.61. The summed E-state index contributed by atoms with van der Waals surface area (Å²) in [5.41, 5.74) is 4.34. The molecule has 0 aliphatic rings. The van der Waals surface area contributed by atoms with Crippen LogP contribution in [0.1, 0.15) is 40.2 Å². The molecular weight excluding hydrogens is 354 g/mol. The predicted molar refractivity (Wildman–Crippen MR) is 113 cm³/mol. The van der Waals surface area contributed by atoms with Crippen LogP contribution in [0, 0.1) is 5.92 Å². The van der Waals surface area contributed by atoms with E-state index in [4.69, 9.17) is 4.98 Å². The maximum Gasteiger partial charge on any atom is 0.228 e. The molecule has 5 heteroatoms. The number of amides is 1. The van der Waals surface area contributed by atoms with E-state index in [-0.39, 0.29) is 17.2 Å². The van der Waals surface area contributed by atoms with Gasteiger partial charge in [-0.3, -0.25) is 9.78 Å². The Balaban J connectivity index is 2.05. The van der Waals surface area contributed by atoms with E-state index >= 15 is 0 Å². The van der Waals surface area contributed by atoms with Gasteiger partial charge < -0.3 is 5.32 Å². The highest BCUT2D eigenvalue weighted by atomic mass is 32.1. The molecule has 0 spiro atoms. The van der Waals surface area contributed by atoms with Crippen molar-refractivity contribution < 1.29 is 4.79 Å². The van der Waals surface area contributed by atoms with Crippen molar-refractivity contribution in [3.8, 4) is 21.7 Å². The van der Waals surface area contributed by atoms with Gasteiger partial charge >= 0.3 is 0 Å². The molecule has 0 saturated carbocycles. The standard InChI is InChI=1S/C22H25N3OS/c1-14(2)20(26)25-21-24-18(19(27-21)16-10-12-23-13-11-16)15-6-8-17(9-7-15)22(3,4)5/h6-14H,1-5H3,(H,24,25,26). The summed E-state index contributed by atoms with van der Waals surface area (Å²) in [6, 6.07) is 12.4. The number of hydrogen-bond donors (Lipinski definition) is 1. The third kappa shape index (κ3) is 4.42. The van der Waals surface area contributed by atoms with Gasteiger partial charge in [0.15, 0.2) is 5.13 Å². The molecule has 0 aliphatic carbocycles. The molecule has 1 amide bonds. The summed E-state index contributed by atoms with van der Waals surface area (Å²) in [5.74, 6) is -0.118. The molecule has 140 valence electrons. The van der Waals surface area contributed by atoms with Gasteiger partial charge in [0, 0.05) is 23.9 Å². The van der Waals surface area contributed by atoms with Gasteiger partial charge in [-0.05, 0) is 28.7 Å². The molecule has 1 aromatic carbocycles. The molecule has 0 aliphatic heterocycles. The summed E-state index contributed by atoms with van der Waals surface area (Å²) in [5, 5.41) is 3.55. The first-order chi connectivity index (χ1) is 12.8. The van der Waals surface area contributed by atoms with Gasteiger partial charge in [0.05, 0.1) is 10.6 Å². The summed E-state index contributed by atoms with van der Waals surface area (Å²) in [4.78, 5) is 22.0. The molecule has 0 saturated heterocycles. The van der Waals surface area contributed by atoms with Crippen LogP contribution < -0.4 is 5.32 Å². The number of rotatable bonds is 4. The van der Waals surface area contributed by atoms with Gasteiger partial charge in [-0.2, -0.15) is 0 Å². The Kier molecular flexibility index (Phi) is 5.42. The second-order valence-electron chi connectivity index (χ2n) is 7.90. The van der Waals surface area contributed by atoms with E-state index in [1.807, 2.05) is 26.0 Å². The van der Waals surface area contributed by atoms with Gasteiger partial charge in [0.2, 0.25) is 5.91 Å². The van der Waals surface area contributed by atoms with Crippen LogP contribution in [0.4, 0.5) is 5.13 Å². The van der Waals surface area contributed by atoms with E-state index in [0.717, 1.165) is 21.7 Å². The minimum Gasteiger partial charge on any atom is -0.302 e. The third-order valence-corrected chi connectivity index (χ3v) is 5.37. The highest BCUT2D eigenvalue weighted by Gasteiger charge is 2.19. The number of thiazole rings is 1. The van der Waals surface area contributed by atoms with Gasteiger partial charge in [-0.1, -0.05) is 70.2 Å². The molecule has 0 fully saturated rings. The number of aromatic nitrogens is 2. The molecule has 3 rings (SSSR count). The predicted octanol–water partition coefficient (Wildman–Crippen LogP) is 5.76. The Labute approximate surface area is 164 Å². The van der Waals surface area contributed by atoms with Crippen molar-refractivity contribution in [3.05, 3.63) is 54.4 Å². The van der Waals surface area contributed by atoms with E-state index in [1.165, 1.54) is 16.9 Å². The highest BCUT2D eigenvalue weighted by Crippen LogP contribution is 2.39. The lowest BCUT2D eigenvalue weighted by molar-refractivity contribution is -0.118. The summed E-state index contributed by atoms with van der Waals surface area (Å²) in [6.07, 6.45) is 3.54. The van der Waals surface area contributed by atoms with Crippen molar-refractivity contribution in [2.24, 2.45) is 5.92 Å². The largest absolute Gasteiger partial charge is 0.302 e. The lowest BCUT2D eigenvalue weighted by Gasteiger charge is -2.19. The zero-order valence-corrected chi connectivity index (χ0v) is 17.2. The van der Waals surface area contributed by atoms with Crippen molar-refractivity contribution in [3.63, 3.8) is 0 Å². The first-order valence-electron chi connectivity index (χ1n) is 9.08. The summed E-state index contributed by atoms with van der Waals surface area (Å²) in [6.45, 7) is 10.4. The first-order valence-corrected chi connectivity index (χ1v) is 9.90. The van der Waals surface area contributed by atoms with Gasteiger partial charge in [-0.25, -0.2) is 4.98 Å². The van der Waals surface area contributed by atoms with Gasteiger partial charge in [-0.15, -0.1) is 0 Å². The number of benzene rings is 1. The molecular formula is C22H25N3OS. The number of pyridine rings is 1. The van der Waals surface area contributed by atoms with Gasteiger partial charge in [0.1, 0.15) is 0 Å². The zero-order valence-electron chi connectivity index (χ0n) is 16.4. The average Bonchev–Trinajstić information content (AvgIpc) is 3.05. The van der Waals surface area contributed by atoms with Crippen LogP contribution in [0.15, 0.2) is 48.8 Å². The molecule has 0 unspecified atom stereocenters. The summed E-state index contributed by atoms with van der Waals surface area (Å²) in [7, 11) is 0. The van der Waals surface area contributed by atoms with Crippen molar-refractivity contribution >= 4 is 22.4 Å². The Morgan fingerprint density at radius 3 is 2.19 bits per heavy atom. The number of anilines is 1.